The Hall–Kier alpha value is -1.16. The van der Waals surface area contributed by atoms with Gasteiger partial charge in [0.15, 0.2) is 11.7 Å². The third-order valence-corrected chi connectivity index (χ3v) is 2.29. The van der Waals surface area contributed by atoms with E-state index in [1.54, 1.807) is 18.6 Å². The van der Waals surface area contributed by atoms with Crippen molar-refractivity contribution in [2.24, 2.45) is 0 Å². The second-order valence-electron chi connectivity index (χ2n) is 2.60. The number of pyridine rings is 1. The molecule has 0 atom stereocenters. The topological polar surface area (TPSA) is 38.9 Å². The summed E-state index contributed by atoms with van der Waals surface area (Å²) in [6.45, 7) is 1.82. The van der Waals surface area contributed by atoms with Gasteiger partial charge in [-0.3, -0.25) is 4.98 Å². The fraction of sp³-hybridized carbons (Fsp3) is 0.111. The number of hydrogen-bond acceptors (Lipinski definition) is 3. The minimum absolute atomic E-state index is 0.665. The zero-order valence-electron chi connectivity index (χ0n) is 6.99. The summed E-state index contributed by atoms with van der Waals surface area (Å²) in [5, 5.41) is 0. The lowest BCUT2D eigenvalue weighted by Crippen LogP contribution is -1.77. The van der Waals surface area contributed by atoms with Gasteiger partial charge in [0.25, 0.3) is 0 Å². The second-order valence-corrected chi connectivity index (χ2v) is 3.45. The van der Waals surface area contributed by atoms with Crippen molar-refractivity contribution in [1.29, 1.82) is 0 Å². The van der Waals surface area contributed by atoms with Gasteiger partial charge in [0.2, 0.25) is 0 Å². The van der Waals surface area contributed by atoms with E-state index in [1.807, 2.05) is 13.0 Å². The van der Waals surface area contributed by atoms with Crippen LogP contribution in [-0.4, -0.2) is 9.97 Å². The van der Waals surface area contributed by atoms with Crippen LogP contribution in [0.25, 0.3) is 11.3 Å². The molecule has 0 saturated heterocycles. The molecule has 0 aliphatic rings. The Morgan fingerprint density at radius 2 is 2.23 bits per heavy atom. The summed E-state index contributed by atoms with van der Waals surface area (Å²) in [5.74, 6) is 1.42. The summed E-state index contributed by atoms with van der Waals surface area (Å²) >= 11 is 3.39. The molecule has 0 N–H and O–H groups in total. The van der Waals surface area contributed by atoms with Gasteiger partial charge in [-0.25, -0.2) is 4.98 Å². The van der Waals surface area contributed by atoms with Gasteiger partial charge in [0.1, 0.15) is 0 Å². The predicted octanol–water partition coefficient (Wildman–Crippen LogP) is 2.81. The molecular weight excluding hydrogens is 232 g/mol. The van der Waals surface area contributed by atoms with Gasteiger partial charge in [-0.1, -0.05) is 0 Å². The molecular formula is C9H7BrN2O. The first-order valence-corrected chi connectivity index (χ1v) is 4.59. The van der Waals surface area contributed by atoms with Crippen LogP contribution in [0.1, 0.15) is 5.89 Å². The van der Waals surface area contributed by atoms with Crippen molar-refractivity contribution < 1.29 is 4.42 Å². The highest BCUT2D eigenvalue weighted by molar-refractivity contribution is 9.10. The van der Waals surface area contributed by atoms with Gasteiger partial charge in [-0.2, -0.15) is 0 Å². The van der Waals surface area contributed by atoms with Crippen LogP contribution in [-0.2, 0) is 0 Å². The largest absolute Gasteiger partial charge is 0.441 e. The molecule has 0 radical (unpaired) electrons. The van der Waals surface area contributed by atoms with Gasteiger partial charge in [-0.05, 0) is 22.0 Å². The van der Waals surface area contributed by atoms with E-state index in [4.69, 9.17) is 4.42 Å². The molecule has 0 fully saturated rings. The van der Waals surface area contributed by atoms with Crippen LogP contribution in [0, 0.1) is 6.92 Å². The van der Waals surface area contributed by atoms with Gasteiger partial charge < -0.3 is 4.42 Å². The first-order valence-electron chi connectivity index (χ1n) is 3.79. The molecule has 0 spiro atoms. The molecule has 0 saturated carbocycles. The zero-order chi connectivity index (χ0) is 9.26. The normalized spacial score (nSPS) is 10.3. The highest BCUT2D eigenvalue weighted by atomic mass is 79.9. The molecule has 0 aliphatic heterocycles. The van der Waals surface area contributed by atoms with E-state index in [0.717, 1.165) is 15.8 Å². The Bertz CT molecular complexity index is 425. The van der Waals surface area contributed by atoms with Gasteiger partial charge in [-0.15, -0.1) is 0 Å². The SMILES string of the molecule is Cc1ncc(-c2ccncc2Br)o1. The minimum atomic E-state index is 0.665. The van der Waals surface area contributed by atoms with Crippen molar-refractivity contribution in [1.82, 2.24) is 9.97 Å². The Kier molecular flexibility index (Phi) is 2.14. The molecule has 3 nitrogen and oxygen atoms in total. The van der Waals surface area contributed by atoms with Crippen molar-refractivity contribution in [2.45, 2.75) is 6.92 Å². The summed E-state index contributed by atoms with van der Waals surface area (Å²) in [4.78, 5) is 7.99. The molecule has 2 rings (SSSR count). The van der Waals surface area contributed by atoms with Crippen LogP contribution in [0.15, 0.2) is 33.5 Å². The first kappa shape index (κ1) is 8.44. The monoisotopic (exact) mass is 238 g/mol. The summed E-state index contributed by atoms with van der Waals surface area (Å²) in [6.07, 6.45) is 5.15. The van der Waals surface area contributed by atoms with Gasteiger partial charge in [0, 0.05) is 29.4 Å². The maximum Gasteiger partial charge on any atom is 0.191 e. The standard InChI is InChI=1S/C9H7BrN2O/c1-6-12-5-9(13-6)7-2-3-11-4-8(7)10/h2-5H,1H3. The molecule has 0 aliphatic carbocycles. The Morgan fingerprint density at radius 3 is 2.85 bits per heavy atom. The van der Waals surface area contributed by atoms with E-state index in [-0.39, 0.29) is 0 Å². The average molecular weight is 239 g/mol. The Labute approximate surface area is 84.0 Å². The summed E-state index contributed by atoms with van der Waals surface area (Å²) in [6, 6.07) is 1.88. The first-order chi connectivity index (χ1) is 6.27. The van der Waals surface area contributed by atoms with Crippen molar-refractivity contribution in [3.8, 4) is 11.3 Å². The minimum Gasteiger partial charge on any atom is -0.441 e. The number of rotatable bonds is 1. The lowest BCUT2D eigenvalue weighted by atomic mass is 10.2. The molecule has 0 bridgehead atoms. The number of halogens is 1. The molecule has 0 aromatic carbocycles. The van der Waals surface area contributed by atoms with Crippen LogP contribution in [0.5, 0.6) is 0 Å². The maximum absolute atomic E-state index is 5.38. The third kappa shape index (κ3) is 1.62. The predicted molar refractivity (Wildman–Crippen MR) is 52.2 cm³/mol. The molecule has 13 heavy (non-hydrogen) atoms. The molecule has 2 aromatic heterocycles. The average Bonchev–Trinajstić information content (AvgIpc) is 2.53. The van der Waals surface area contributed by atoms with Crippen LogP contribution in [0.3, 0.4) is 0 Å². The van der Waals surface area contributed by atoms with E-state index in [0.29, 0.717) is 5.89 Å². The molecule has 66 valence electrons. The van der Waals surface area contributed by atoms with E-state index in [9.17, 15) is 0 Å². The number of aryl methyl sites for hydroxylation is 1. The van der Waals surface area contributed by atoms with Crippen molar-refractivity contribution in [3.05, 3.63) is 35.0 Å². The van der Waals surface area contributed by atoms with Crippen LogP contribution in [0.4, 0.5) is 0 Å². The van der Waals surface area contributed by atoms with Gasteiger partial charge in [0.05, 0.1) is 6.20 Å². The lowest BCUT2D eigenvalue weighted by molar-refractivity contribution is 0.534. The second kappa shape index (κ2) is 3.30. The lowest BCUT2D eigenvalue weighted by Gasteiger charge is -1.97. The van der Waals surface area contributed by atoms with Crippen LogP contribution >= 0.6 is 15.9 Å². The van der Waals surface area contributed by atoms with Crippen molar-refractivity contribution in [3.63, 3.8) is 0 Å². The summed E-state index contributed by atoms with van der Waals surface area (Å²) in [7, 11) is 0. The number of aromatic nitrogens is 2. The molecule has 0 amide bonds. The third-order valence-electron chi connectivity index (χ3n) is 1.66. The highest BCUT2D eigenvalue weighted by Gasteiger charge is 2.06. The van der Waals surface area contributed by atoms with Crippen LogP contribution < -0.4 is 0 Å². The molecule has 4 heteroatoms. The fourth-order valence-electron chi connectivity index (χ4n) is 1.06. The van der Waals surface area contributed by atoms with E-state index in [1.165, 1.54) is 0 Å². The Balaban J connectivity index is 2.52. The maximum atomic E-state index is 5.38. The molecule has 2 heterocycles. The zero-order valence-corrected chi connectivity index (χ0v) is 8.58. The summed E-state index contributed by atoms with van der Waals surface area (Å²) < 4.78 is 6.29. The quantitative estimate of drug-likeness (QED) is 0.767. The number of oxazole rings is 1. The fourth-order valence-corrected chi connectivity index (χ4v) is 1.51. The van der Waals surface area contributed by atoms with Crippen LogP contribution in [0.2, 0.25) is 0 Å². The van der Waals surface area contributed by atoms with Crippen molar-refractivity contribution in [2.75, 3.05) is 0 Å². The van der Waals surface area contributed by atoms with E-state index >= 15 is 0 Å². The molecule has 2 aromatic rings. The van der Waals surface area contributed by atoms with E-state index in [2.05, 4.69) is 25.9 Å². The highest BCUT2D eigenvalue weighted by Crippen LogP contribution is 2.27. The molecule has 0 unspecified atom stereocenters. The number of nitrogens with zero attached hydrogens (tertiary/aromatic N) is 2. The van der Waals surface area contributed by atoms with Crippen molar-refractivity contribution >= 4 is 15.9 Å². The smallest absolute Gasteiger partial charge is 0.191 e. The van der Waals surface area contributed by atoms with E-state index < -0.39 is 0 Å². The Morgan fingerprint density at radius 1 is 1.38 bits per heavy atom. The van der Waals surface area contributed by atoms with Gasteiger partial charge >= 0.3 is 0 Å². The number of hydrogen-bond donors (Lipinski definition) is 0. The summed E-state index contributed by atoms with van der Waals surface area (Å²) in [5.41, 5.74) is 0.968.